The van der Waals surface area contributed by atoms with E-state index in [1.807, 2.05) is 0 Å². The lowest BCUT2D eigenvalue weighted by molar-refractivity contribution is -0.145. The van der Waals surface area contributed by atoms with E-state index in [1.165, 1.54) is 12.3 Å². The minimum atomic E-state index is -4.22. The highest BCUT2D eigenvalue weighted by Gasteiger charge is 2.26. The number of benzene rings is 2. The van der Waals surface area contributed by atoms with Crippen LogP contribution in [0.3, 0.4) is 0 Å². The second-order valence-electron chi connectivity index (χ2n) is 10.3. The van der Waals surface area contributed by atoms with Gasteiger partial charge in [-0.05, 0) is 63.6 Å². The summed E-state index contributed by atoms with van der Waals surface area (Å²) in [7, 11) is -4.22. The van der Waals surface area contributed by atoms with Crippen molar-refractivity contribution >= 4 is 56.6 Å². The summed E-state index contributed by atoms with van der Waals surface area (Å²) in [5.41, 5.74) is -0.160. The van der Waals surface area contributed by atoms with Crippen LogP contribution < -0.4 is 15.8 Å². The Morgan fingerprint density at radius 3 is 2.47 bits per heavy atom. The van der Waals surface area contributed by atoms with Crippen LogP contribution in [0.2, 0.25) is 10.0 Å². The second kappa shape index (κ2) is 14.8. The van der Waals surface area contributed by atoms with Crippen LogP contribution in [0.15, 0.2) is 64.1 Å². The number of halogens is 2. The van der Waals surface area contributed by atoms with Crippen LogP contribution in [0, 0.1) is 0 Å². The molecule has 0 unspecified atom stereocenters. The molecule has 0 radical (unpaired) electrons. The van der Waals surface area contributed by atoms with E-state index in [0.717, 1.165) is 6.07 Å². The number of nitrogens with one attached hydrogen (secondary N) is 2. The van der Waals surface area contributed by atoms with Gasteiger partial charge in [0, 0.05) is 22.5 Å². The number of anilines is 1. The van der Waals surface area contributed by atoms with Crippen LogP contribution in [0.4, 0.5) is 5.69 Å². The van der Waals surface area contributed by atoms with Gasteiger partial charge < -0.3 is 19.2 Å². The highest BCUT2D eigenvalue weighted by Crippen LogP contribution is 2.29. The summed E-state index contributed by atoms with van der Waals surface area (Å²) in [6.07, 6.45) is 1.58. The van der Waals surface area contributed by atoms with E-state index in [9.17, 15) is 22.8 Å². The van der Waals surface area contributed by atoms with Gasteiger partial charge in [-0.25, -0.2) is 18.4 Å². The van der Waals surface area contributed by atoms with Gasteiger partial charge in [0.2, 0.25) is 10.0 Å². The molecule has 1 aromatic heterocycles. The quantitative estimate of drug-likeness (QED) is 0.116. The molecule has 14 heteroatoms. The largest absolute Gasteiger partial charge is 0.467 e. The van der Waals surface area contributed by atoms with Gasteiger partial charge in [-0.15, -0.1) is 0 Å². The number of sulfonamides is 1. The third-order valence-corrected chi connectivity index (χ3v) is 7.70. The standard InChI is InChI=1S/C29H33Cl2N3O8S/c1-18(27(36)19-7-4-8-20(30)13-19)34-29(2,3)17-42-26(35)10-6-12-41-28(37)22-14-25(43(32,38)39)23(31)15-24(22)33-16-21-9-5-11-40-21/h4-5,7-9,11,13-15,18,33-34H,6,10,12,16-17H2,1-3H3,(H2,32,38,39)/t18-/m1/s1. The lowest BCUT2D eigenvalue weighted by atomic mass is 10.0. The number of hydrogen-bond acceptors (Lipinski definition) is 10. The van der Waals surface area contributed by atoms with Crippen LogP contribution in [0.1, 0.15) is 60.1 Å². The molecular weight excluding hydrogens is 621 g/mol. The third kappa shape index (κ3) is 10.4. The number of ketones is 1. The molecule has 0 aliphatic rings. The zero-order valence-corrected chi connectivity index (χ0v) is 26.1. The van der Waals surface area contributed by atoms with Crippen molar-refractivity contribution in [3.8, 4) is 0 Å². The summed E-state index contributed by atoms with van der Waals surface area (Å²) in [4.78, 5) is 37.5. The maximum atomic E-state index is 12.9. The fourth-order valence-electron chi connectivity index (χ4n) is 4.06. The first-order chi connectivity index (χ1) is 20.2. The molecule has 0 aliphatic carbocycles. The van der Waals surface area contributed by atoms with E-state index in [0.29, 0.717) is 16.3 Å². The Kier molecular flexibility index (Phi) is 11.8. The number of Topliss-reactive ketones (excluding diaryl/α,β-unsaturated/α-hetero) is 1. The van der Waals surface area contributed by atoms with Crippen LogP contribution >= 0.6 is 23.2 Å². The molecule has 0 fully saturated rings. The molecule has 0 aliphatic heterocycles. The lowest BCUT2D eigenvalue weighted by Crippen LogP contribution is -2.51. The van der Waals surface area contributed by atoms with Crippen molar-refractivity contribution < 1.29 is 36.7 Å². The Bertz CT molecular complexity index is 1560. The van der Waals surface area contributed by atoms with Gasteiger partial charge in [0.15, 0.2) is 5.78 Å². The molecule has 232 valence electrons. The van der Waals surface area contributed by atoms with Gasteiger partial charge >= 0.3 is 11.9 Å². The highest BCUT2D eigenvalue weighted by molar-refractivity contribution is 7.89. The van der Waals surface area contributed by atoms with Crippen LogP contribution in [-0.4, -0.2) is 50.9 Å². The van der Waals surface area contributed by atoms with Crippen molar-refractivity contribution in [1.29, 1.82) is 0 Å². The Hall–Kier alpha value is -3.42. The van der Waals surface area contributed by atoms with Gasteiger partial charge in [0.05, 0.1) is 41.7 Å². The molecule has 0 bridgehead atoms. The first kappa shape index (κ1) is 34.1. The zero-order valence-electron chi connectivity index (χ0n) is 23.8. The van der Waals surface area contributed by atoms with Crippen LogP contribution in [-0.2, 0) is 30.8 Å². The fourth-order valence-corrected chi connectivity index (χ4v) is 5.35. The maximum absolute atomic E-state index is 12.9. The number of esters is 2. The number of hydrogen-bond donors (Lipinski definition) is 3. The predicted molar refractivity (Wildman–Crippen MR) is 162 cm³/mol. The Labute approximate surface area is 260 Å². The molecule has 3 aromatic rings. The van der Waals surface area contributed by atoms with Crippen molar-refractivity contribution in [2.45, 2.75) is 56.6 Å². The number of carbonyl (C=O) groups excluding carboxylic acids is 3. The molecule has 43 heavy (non-hydrogen) atoms. The topological polar surface area (TPSA) is 167 Å². The summed E-state index contributed by atoms with van der Waals surface area (Å²) < 4.78 is 39.8. The van der Waals surface area contributed by atoms with E-state index >= 15 is 0 Å². The van der Waals surface area contributed by atoms with Gasteiger partial charge in [-0.3, -0.25) is 14.9 Å². The molecule has 0 spiro atoms. The molecular formula is C29H33Cl2N3O8S. The van der Waals surface area contributed by atoms with Gasteiger partial charge in [0.1, 0.15) is 17.3 Å². The molecule has 0 saturated carbocycles. The van der Waals surface area contributed by atoms with Crippen molar-refractivity contribution in [3.63, 3.8) is 0 Å². The zero-order chi connectivity index (χ0) is 31.8. The van der Waals surface area contributed by atoms with Crippen LogP contribution in [0.25, 0.3) is 0 Å². The summed E-state index contributed by atoms with van der Waals surface area (Å²) in [5, 5.41) is 11.6. The minimum Gasteiger partial charge on any atom is -0.467 e. The molecule has 3 rings (SSSR count). The number of carbonyl (C=O) groups is 3. The molecule has 0 saturated heterocycles. The van der Waals surface area contributed by atoms with Gasteiger partial charge in [0.25, 0.3) is 0 Å². The monoisotopic (exact) mass is 653 g/mol. The van der Waals surface area contributed by atoms with E-state index in [1.54, 1.807) is 57.2 Å². The van der Waals surface area contributed by atoms with Crippen molar-refractivity contribution in [2.75, 3.05) is 18.5 Å². The summed E-state index contributed by atoms with van der Waals surface area (Å²) in [5.74, 6) is -0.964. The summed E-state index contributed by atoms with van der Waals surface area (Å²) in [6, 6.07) is 11.8. The first-order valence-corrected chi connectivity index (χ1v) is 15.5. The van der Waals surface area contributed by atoms with Crippen molar-refractivity contribution in [3.05, 3.63) is 81.7 Å². The van der Waals surface area contributed by atoms with Crippen molar-refractivity contribution in [1.82, 2.24) is 5.32 Å². The van der Waals surface area contributed by atoms with E-state index in [4.69, 9.17) is 42.2 Å². The predicted octanol–water partition coefficient (Wildman–Crippen LogP) is 4.97. The second-order valence-corrected chi connectivity index (χ2v) is 12.7. The summed E-state index contributed by atoms with van der Waals surface area (Å²) >= 11 is 12.1. The van der Waals surface area contributed by atoms with E-state index < -0.39 is 38.4 Å². The normalized spacial score (nSPS) is 12.4. The first-order valence-electron chi connectivity index (χ1n) is 13.2. The molecule has 4 N–H and O–H groups in total. The molecule has 2 aromatic carbocycles. The molecule has 0 amide bonds. The molecule has 1 atom stereocenters. The van der Waals surface area contributed by atoms with E-state index in [-0.39, 0.29) is 54.7 Å². The Balaban J connectivity index is 1.50. The van der Waals surface area contributed by atoms with Crippen molar-refractivity contribution in [2.24, 2.45) is 5.14 Å². The average molecular weight is 655 g/mol. The Morgan fingerprint density at radius 2 is 1.81 bits per heavy atom. The number of ether oxygens (including phenoxy) is 2. The van der Waals surface area contributed by atoms with Gasteiger partial charge in [-0.2, -0.15) is 0 Å². The minimum absolute atomic E-state index is 0.00933. The fraction of sp³-hybridized carbons (Fsp3) is 0.345. The van der Waals surface area contributed by atoms with Gasteiger partial charge in [-0.1, -0.05) is 35.3 Å². The SMILES string of the molecule is C[C@@H](NC(C)(C)COC(=O)CCCOC(=O)c1cc(S(N)(=O)=O)c(Cl)cc1NCc1ccco1)C(=O)c1cccc(Cl)c1. The summed E-state index contributed by atoms with van der Waals surface area (Å²) in [6.45, 7) is 5.33. The molecule has 11 nitrogen and oxygen atoms in total. The number of furan rings is 1. The Morgan fingerprint density at radius 1 is 1.07 bits per heavy atom. The number of rotatable bonds is 15. The van der Waals surface area contributed by atoms with E-state index in [2.05, 4.69) is 10.6 Å². The van der Waals surface area contributed by atoms with Crippen LogP contribution in [0.5, 0.6) is 0 Å². The number of nitrogens with two attached hydrogens (primary N) is 1. The molecule has 1 heterocycles. The smallest absolute Gasteiger partial charge is 0.340 e. The lowest BCUT2D eigenvalue weighted by Gasteiger charge is -2.29. The third-order valence-electron chi connectivity index (χ3n) is 6.09. The number of primary sulfonamides is 1. The highest BCUT2D eigenvalue weighted by atomic mass is 35.5. The maximum Gasteiger partial charge on any atom is 0.340 e. The average Bonchev–Trinajstić information content (AvgIpc) is 3.45.